The van der Waals surface area contributed by atoms with Gasteiger partial charge in [0.1, 0.15) is 0 Å². The molecule has 2 amide bonds. The molecule has 1 aromatic heterocycles. The molecule has 0 aliphatic rings. The van der Waals surface area contributed by atoms with E-state index in [4.69, 9.17) is 14.2 Å². The molecule has 3 aromatic rings. The summed E-state index contributed by atoms with van der Waals surface area (Å²) in [6, 6.07) is 19.6. The molecular formula is C28H34N2O5S2. The largest absolute Gasteiger partial charge is 0.493 e. The van der Waals surface area contributed by atoms with E-state index in [-0.39, 0.29) is 24.1 Å². The predicted molar refractivity (Wildman–Crippen MR) is 149 cm³/mol. The molecule has 2 aromatic carbocycles. The van der Waals surface area contributed by atoms with Crippen LogP contribution in [0.15, 0.2) is 70.9 Å². The lowest BCUT2D eigenvalue weighted by molar-refractivity contribution is -0.140. The summed E-state index contributed by atoms with van der Waals surface area (Å²) in [7, 11) is 4.80. The Morgan fingerprint density at radius 1 is 0.865 bits per heavy atom. The highest BCUT2D eigenvalue weighted by atomic mass is 32.2. The van der Waals surface area contributed by atoms with E-state index < -0.39 is 0 Å². The molecule has 0 aliphatic carbocycles. The van der Waals surface area contributed by atoms with Gasteiger partial charge in [-0.3, -0.25) is 9.59 Å². The Bertz CT molecular complexity index is 1110. The van der Waals surface area contributed by atoms with Crippen molar-refractivity contribution in [2.24, 2.45) is 0 Å². The molecule has 0 N–H and O–H groups in total. The van der Waals surface area contributed by atoms with E-state index in [2.05, 4.69) is 0 Å². The number of carbonyl (C=O) groups is 2. The second-order valence-electron chi connectivity index (χ2n) is 8.24. The number of hydrogen-bond donors (Lipinski definition) is 0. The van der Waals surface area contributed by atoms with Crippen LogP contribution in [-0.4, -0.2) is 74.9 Å². The summed E-state index contributed by atoms with van der Waals surface area (Å²) < 4.78 is 16.0. The minimum Gasteiger partial charge on any atom is -0.493 e. The fourth-order valence-electron chi connectivity index (χ4n) is 3.69. The summed E-state index contributed by atoms with van der Waals surface area (Å²) in [6.45, 7) is 1.74. The van der Waals surface area contributed by atoms with Gasteiger partial charge < -0.3 is 24.0 Å². The van der Waals surface area contributed by atoms with E-state index in [9.17, 15) is 9.59 Å². The monoisotopic (exact) mass is 542 g/mol. The molecule has 0 saturated carbocycles. The van der Waals surface area contributed by atoms with Crippen LogP contribution in [0.4, 0.5) is 0 Å². The van der Waals surface area contributed by atoms with Crippen LogP contribution >= 0.6 is 23.1 Å². The summed E-state index contributed by atoms with van der Waals surface area (Å²) in [6.07, 6.45) is 0.646. The van der Waals surface area contributed by atoms with Crippen molar-refractivity contribution in [2.45, 2.75) is 17.9 Å². The molecule has 0 bridgehead atoms. The van der Waals surface area contributed by atoms with Gasteiger partial charge in [0.15, 0.2) is 11.5 Å². The molecule has 9 heteroatoms. The first-order valence-electron chi connectivity index (χ1n) is 12.0. The maximum absolute atomic E-state index is 13.5. The third-order valence-electron chi connectivity index (χ3n) is 5.75. The minimum atomic E-state index is -0.0944. The summed E-state index contributed by atoms with van der Waals surface area (Å²) in [4.78, 5) is 32.1. The maximum atomic E-state index is 13.5. The number of benzene rings is 2. The highest BCUT2D eigenvalue weighted by Crippen LogP contribution is 2.28. The fourth-order valence-corrected chi connectivity index (χ4v) is 5.23. The number of rotatable bonds is 15. The Hall–Kier alpha value is -3.01. The molecular weight excluding hydrogens is 508 g/mol. The van der Waals surface area contributed by atoms with E-state index in [1.54, 1.807) is 37.6 Å². The van der Waals surface area contributed by atoms with Crippen molar-refractivity contribution in [3.8, 4) is 11.5 Å². The Balaban J connectivity index is 1.69. The average Bonchev–Trinajstić information content (AvgIpc) is 3.45. The molecule has 0 radical (unpaired) electrons. The Kier molecular flexibility index (Phi) is 11.8. The lowest BCUT2D eigenvalue weighted by atomic mass is 10.1. The van der Waals surface area contributed by atoms with Gasteiger partial charge in [0.05, 0.1) is 39.7 Å². The smallest absolute Gasteiger partial charge is 0.242 e. The summed E-state index contributed by atoms with van der Waals surface area (Å²) >= 11 is 3.08. The Morgan fingerprint density at radius 2 is 1.65 bits per heavy atom. The second-order valence-corrected chi connectivity index (χ2v) is 10.3. The van der Waals surface area contributed by atoms with Gasteiger partial charge >= 0.3 is 0 Å². The number of ether oxygens (including phenoxy) is 3. The Labute approximate surface area is 227 Å². The zero-order valence-electron chi connectivity index (χ0n) is 21.6. The number of hydrogen-bond acceptors (Lipinski definition) is 7. The number of amides is 2. The van der Waals surface area contributed by atoms with Crippen molar-refractivity contribution in [1.82, 2.24) is 9.80 Å². The predicted octanol–water partition coefficient (Wildman–Crippen LogP) is 4.60. The first-order chi connectivity index (χ1) is 18.0. The molecule has 0 aliphatic heterocycles. The van der Waals surface area contributed by atoms with Gasteiger partial charge in [-0.1, -0.05) is 30.3 Å². The van der Waals surface area contributed by atoms with Gasteiger partial charge in [-0.2, -0.15) is 0 Å². The third kappa shape index (κ3) is 9.10. The molecule has 0 saturated heterocycles. The molecule has 37 heavy (non-hydrogen) atoms. The first-order valence-corrected chi connectivity index (χ1v) is 13.9. The van der Waals surface area contributed by atoms with Crippen molar-refractivity contribution in [1.29, 1.82) is 0 Å². The van der Waals surface area contributed by atoms with Gasteiger partial charge in [0.25, 0.3) is 0 Å². The second kappa shape index (κ2) is 15.3. The maximum Gasteiger partial charge on any atom is 0.242 e. The molecule has 198 valence electrons. The molecule has 7 nitrogen and oxygen atoms in total. The van der Waals surface area contributed by atoms with Gasteiger partial charge in [0.2, 0.25) is 11.8 Å². The van der Waals surface area contributed by atoms with Gasteiger partial charge in [-0.15, -0.1) is 23.1 Å². The van der Waals surface area contributed by atoms with Gasteiger partial charge in [-0.05, 0) is 47.7 Å². The lowest BCUT2D eigenvalue weighted by Crippen LogP contribution is -2.45. The lowest BCUT2D eigenvalue weighted by Gasteiger charge is -2.27. The van der Waals surface area contributed by atoms with Crippen molar-refractivity contribution < 1.29 is 23.8 Å². The standard InChI is InChI=1S/C28H34N2O5S2/c1-33-16-15-30(28(32)21-37-23-8-5-4-6-9-23)20-27(31)29(19-24-10-7-17-36-24)14-13-22-11-12-25(34-2)26(18-22)35-3/h4-12,17-18H,13-16,19-21H2,1-3H3. The van der Waals surface area contributed by atoms with E-state index in [1.807, 2.05) is 70.9 Å². The number of carbonyl (C=O) groups excluding carboxylic acids is 2. The normalized spacial score (nSPS) is 10.7. The van der Waals surface area contributed by atoms with Crippen molar-refractivity contribution >= 4 is 34.9 Å². The van der Waals surface area contributed by atoms with Crippen LogP contribution in [0.3, 0.4) is 0 Å². The number of nitrogens with zero attached hydrogens (tertiary/aromatic N) is 2. The Morgan fingerprint density at radius 3 is 2.32 bits per heavy atom. The molecule has 0 atom stereocenters. The molecule has 0 fully saturated rings. The molecule has 1 heterocycles. The van der Waals surface area contributed by atoms with Crippen molar-refractivity contribution in [2.75, 3.05) is 53.3 Å². The van der Waals surface area contributed by atoms with E-state index in [0.29, 0.717) is 44.2 Å². The summed E-state index contributed by atoms with van der Waals surface area (Å²) in [5.41, 5.74) is 1.04. The van der Waals surface area contributed by atoms with Crippen LogP contribution in [-0.2, 0) is 27.3 Å². The third-order valence-corrected chi connectivity index (χ3v) is 7.61. The first kappa shape index (κ1) is 28.6. The topological polar surface area (TPSA) is 68.3 Å². The highest BCUT2D eigenvalue weighted by molar-refractivity contribution is 8.00. The number of thioether (sulfide) groups is 1. The van der Waals surface area contributed by atoms with Gasteiger partial charge in [-0.25, -0.2) is 0 Å². The number of thiophene rings is 1. The molecule has 0 spiro atoms. The van der Waals surface area contributed by atoms with Crippen LogP contribution in [0.1, 0.15) is 10.4 Å². The van der Waals surface area contributed by atoms with Crippen molar-refractivity contribution in [3.05, 3.63) is 76.5 Å². The van der Waals surface area contributed by atoms with Gasteiger partial charge in [0, 0.05) is 30.0 Å². The van der Waals surface area contributed by atoms with E-state index in [0.717, 1.165) is 15.3 Å². The average molecular weight is 543 g/mol. The molecule has 0 unspecified atom stereocenters. The summed E-state index contributed by atoms with van der Waals surface area (Å²) in [5, 5.41) is 2.00. The highest BCUT2D eigenvalue weighted by Gasteiger charge is 2.22. The van der Waals surface area contributed by atoms with Crippen LogP contribution in [0.25, 0.3) is 0 Å². The van der Waals surface area contributed by atoms with E-state index in [1.165, 1.54) is 11.8 Å². The fraction of sp³-hybridized carbons (Fsp3) is 0.357. The van der Waals surface area contributed by atoms with Crippen LogP contribution in [0.2, 0.25) is 0 Å². The van der Waals surface area contributed by atoms with E-state index >= 15 is 0 Å². The number of methoxy groups -OCH3 is 3. The zero-order chi connectivity index (χ0) is 26.5. The molecule has 3 rings (SSSR count). The van der Waals surface area contributed by atoms with Crippen LogP contribution in [0, 0.1) is 0 Å². The minimum absolute atomic E-state index is 0.00878. The quantitative estimate of drug-likeness (QED) is 0.262. The van der Waals surface area contributed by atoms with Crippen LogP contribution in [0.5, 0.6) is 11.5 Å². The zero-order valence-corrected chi connectivity index (χ0v) is 23.2. The van der Waals surface area contributed by atoms with Crippen LogP contribution < -0.4 is 9.47 Å². The van der Waals surface area contributed by atoms with Crippen molar-refractivity contribution in [3.63, 3.8) is 0 Å². The SMILES string of the molecule is COCCN(CC(=O)N(CCc1ccc(OC)c(OC)c1)Cc1cccs1)C(=O)CSc1ccccc1. The summed E-state index contributed by atoms with van der Waals surface area (Å²) in [5.74, 6) is 1.40.